The van der Waals surface area contributed by atoms with Gasteiger partial charge in [0.05, 0.1) is 20.1 Å². The van der Waals surface area contributed by atoms with Gasteiger partial charge in [-0.1, -0.05) is 19.4 Å². The van der Waals surface area contributed by atoms with E-state index >= 15 is 0 Å². The number of hydrogen-bond donors (Lipinski definition) is 1. The number of methoxy groups -OCH3 is 2. The van der Waals surface area contributed by atoms with E-state index in [4.69, 9.17) is 15.2 Å². The average Bonchev–Trinajstić information content (AvgIpc) is 2.51. The zero-order valence-electron chi connectivity index (χ0n) is 13.4. The molecule has 0 aliphatic carbocycles. The molecule has 0 fully saturated rings. The highest BCUT2D eigenvalue weighted by Gasteiger charge is 2.20. The fourth-order valence-electron chi connectivity index (χ4n) is 2.33. The molecule has 0 aromatic heterocycles. The lowest BCUT2D eigenvalue weighted by molar-refractivity contribution is -0.134. The highest BCUT2D eigenvalue weighted by atomic mass is 16.5. The van der Waals surface area contributed by atoms with E-state index in [1.807, 2.05) is 18.2 Å². The molecule has 118 valence electrons. The van der Waals surface area contributed by atoms with Crippen LogP contribution in [0.15, 0.2) is 18.2 Å². The van der Waals surface area contributed by atoms with Gasteiger partial charge in [-0.3, -0.25) is 4.79 Å². The van der Waals surface area contributed by atoms with Gasteiger partial charge in [0.15, 0.2) is 11.5 Å². The molecule has 1 amide bonds. The number of benzene rings is 1. The van der Waals surface area contributed by atoms with Crippen molar-refractivity contribution < 1.29 is 14.3 Å². The van der Waals surface area contributed by atoms with Gasteiger partial charge in [0.25, 0.3) is 0 Å². The molecule has 0 heterocycles. The zero-order chi connectivity index (χ0) is 15.8. The summed E-state index contributed by atoms with van der Waals surface area (Å²) in [6.45, 7) is 2.98. The third-order valence-electron chi connectivity index (χ3n) is 3.51. The van der Waals surface area contributed by atoms with Crippen molar-refractivity contribution in [1.29, 1.82) is 0 Å². The van der Waals surface area contributed by atoms with E-state index in [1.165, 1.54) is 0 Å². The summed E-state index contributed by atoms with van der Waals surface area (Å²) in [6, 6.07) is 5.67. The molecule has 21 heavy (non-hydrogen) atoms. The minimum atomic E-state index is -0.0971. The predicted molar refractivity (Wildman–Crippen MR) is 83.5 cm³/mol. The standard InChI is InChI=1S/C16H26N2O3/c1-5-6-13(10-17)16(19)18(2)11-12-7-8-14(20-3)15(9-12)21-4/h7-9,13H,5-6,10-11,17H2,1-4H3. The van der Waals surface area contributed by atoms with E-state index in [2.05, 4.69) is 6.92 Å². The summed E-state index contributed by atoms with van der Waals surface area (Å²) in [6.07, 6.45) is 1.78. The third-order valence-corrected chi connectivity index (χ3v) is 3.51. The van der Waals surface area contributed by atoms with Crippen LogP contribution in [0.2, 0.25) is 0 Å². The molecule has 0 saturated carbocycles. The number of ether oxygens (including phenoxy) is 2. The molecular formula is C16H26N2O3. The van der Waals surface area contributed by atoms with Crippen molar-refractivity contribution in [2.24, 2.45) is 11.7 Å². The molecule has 0 radical (unpaired) electrons. The number of nitrogens with two attached hydrogens (primary N) is 1. The zero-order valence-corrected chi connectivity index (χ0v) is 13.4. The SMILES string of the molecule is CCCC(CN)C(=O)N(C)Cc1ccc(OC)c(OC)c1. The first-order valence-corrected chi connectivity index (χ1v) is 7.23. The Bertz CT molecular complexity index is 463. The van der Waals surface area contributed by atoms with Gasteiger partial charge < -0.3 is 20.1 Å². The molecule has 0 saturated heterocycles. The quantitative estimate of drug-likeness (QED) is 0.797. The number of carbonyl (C=O) groups excluding carboxylic acids is 1. The molecule has 2 N–H and O–H groups in total. The molecule has 1 aromatic rings. The van der Waals surface area contributed by atoms with Crippen LogP contribution in [-0.2, 0) is 11.3 Å². The van der Waals surface area contributed by atoms with Gasteiger partial charge >= 0.3 is 0 Å². The summed E-state index contributed by atoms with van der Waals surface area (Å²) in [5, 5.41) is 0. The number of hydrogen-bond acceptors (Lipinski definition) is 4. The Morgan fingerprint density at radius 3 is 2.48 bits per heavy atom. The van der Waals surface area contributed by atoms with Crippen LogP contribution in [-0.4, -0.2) is 38.6 Å². The van der Waals surface area contributed by atoms with Gasteiger partial charge in [0, 0.05) is 20.1 Å². The Morgan fingerprint density at radius 2 is 1.95 bits per heavy atom. The fourth-order valence-corrected chi connectivity index (χ4v) is 2.33. The molecule has 0 aliphatic rings. The maximum atomic E-state index is 12.3. The first-order chi connectivity index (χ1) is 10.1. The number of carbonyl (C=O) groups is 1. The molecule has 5 heteroatoms. The molecule has 1 unspecified atom stereocenters. The summed E-state index contributed by atoms with van der Waals surface area (Å²) in [5.41, 5.74) is 6.69. The molecule has 0 spiro atoms. The van der Waals surface area contributed by atoms with Gasteiger partial charge in [-0.25, -0.2) is 0 Å². The second-order valence-corrected chi connectivity index (χ2v) is 5.10. The lowest BCUT2D eigenvalue weighted by Gasteiger charge is -2.23. The normalized spacial score (nSPS) is 11.9. The van der Waals surface area contributed by atoms with Crippen molar-refractivity contribution in [3.63, 3.8) is 0 Å². The van der Waals surface area contributed by atoms with Crippen molar-refractivity contribution in [1.82, 2.24) is 4.90 Å². The molecule has 1 rings (SSSR count). The molecule has 5 nitrogen and oxygen atoms in total. The van der Waals surface area contributed by atoms with Crippen molar-refractivity contribution in [3.8, 4) is 11.5 Å². The Morgan fingerprint density at radius 1 is 1.29 bits per heavy atom. The van der Waals surface area contributed by atoms with Crippen molar-refractivity contribution in [2.75, 3.05) is 27.8 Å². The monoisotopic (exact) mass is 294 g/mol. The summed E-state index contributed by atoms with van der Waals surface area (Å²) in [4.78, 5) is 14.1. The highest BCUT2D eigenvalue weighted by Crippen LogP contribution is 2.28. The minimum Gasteiger partial charge on any atom is -0.493 e. The summed E-state index contributed by atoms with van der Waals surface area (Å²) in [5.74, 6) is 1.34. The largest absolute Gasteiger partial charge is 0.493 e. The summed E-state index contributed by atoms with van der Waals surface area (Å²) < 4.78 is 10.5. The van der Waals surface area contributed by atoms with Crippen LogP contribution < -0.4 is 15.2 Å². The highest BCUT2D eigenvalue weighted by molar-refractivity contribution is 5.78. The molecule has 0 aliphatic heterocycles. The Kier molecular flexibility index (Phi) is 7.02. The van der Waals surface area contributed by atoms with Crippen molar-refractivity contribution in [2.45, 2.75) is 26.3 Å². The topological polar surface area (TPSA) is 64.8 Å². The average molecular weight is 294 g/mol. The van der Waals surface area contributed by atoms with Crippen LogP contribution >= 0.6 is 0 Å². The smallest absolute Gasteiger partial charge is 0.226 e. The van der Waals surface area contributed by atoms with Gasteiger partial charge in [-0.05, 0) is 24.1 Å². The van der Waals surface area contributed by atoms with Crippen molar-refractivity contribution in [3.05, 3.63) is 23.8 Å². The van der Waals surface area contributed by atoms with Crippen LogP contribution in [0.25, 0.3) is 0 Å². The molecule has 1 atom stereocenters. The van der Waals surface area contributed by atoms with Crippen LogP contribution in [0, 0.1) is 5.92 Å². The van der Waals surface area contributed by atoms with Crippen molar-refractivity contribution >= 4 is 5.91 Å². The van der Waals surface area contributed by atoms with Crippen LogP contribution in [0.5, 0.6) is 11.5 Å². The molecule has 0 bridgehead atoms. The van der Waals surface area contributed by atoms with Crippen LogP contribution in [0.1, 0.15) is 25.3 Å². The number of rotatable bonds is 8. The maximum absolute atomic E-state index is 12.3. The predicted octanol–water partition coefficient (Wildman–Crippen LogP) is 2.04. The molecular weight excluding hydrogens is 268 g/mol. The van der Waals surface area contributed by atoms with Gasteiger partial charge in [0.1, 0.15) is 0 Å². The Hall–Kier alpha value is -1.75. The third kappa shape index (κ3) is 4.63. The second kappa shape index (κ2) is 8.52. The first kappa shape index (κ1) is 17.3. The van der Waals surface area contributed by atoms with E-state index in [1.54, 1.807) is 26.2 Å². The first-order valence-electron chi connectivity index (χ1n) is 7.23. The van der Waals surface area contributed by atoms with Crippen LogP contribution in [0.3, 0.4) is 0 Å². The summed E-state index contributed by atoms with van der Waals surface area (Å²) in [7, 11) is 5.00. The van der Waals surface area contributed by atoms with Gasteiger partial charge in [0.2, 0.25) is 5.91 Å². The van der Waals surface area contributed by atoms with E-state index in [9.17, 15) is 4.79 Å². The number of amides is 1. The lowest BCUT2D eigenvalue weighted by Crippen LogP contribution is -2.36. The van der Waals surface area contributed by atoms with E-state index in [-0.39, 0.29) is 11.8 Å². The fraction of sp³-hybridized carbons (Fsp3) is 0.562. The number of nitrogens with zero attached hydrogens (tertiary/aromatic N) is 1. The van der Waals surface area contributed by atoms with E-state index < -0.39 is 0 Å². The molecule has 1 aromatic carbocycles. The van der Waals surface area contributed by atoms with Crippen LogP contribution in [0.4, 0.5) is 0 Å². The van der Waals surface area contributed by atoms with Gasteiger partial charge in [-0.15, -0.1) is 0 Å². The van der Waals surface area contributed by atoms with E-state index in [0.717, 1.165) is 18.4 Å². The lowest BCUT2D eigenvalue weighted by atomic mass is 10.0. The Balaban J connectivity index is 2.78. The van der Waals surface area contributed by atoms with Gasteiger partial charge in [-0.2, -0.15) is 0 Å². The van der Waals surface area contributed by atoms with E-state index in [0.29, 0.717) is 24.6 Å². The summed E-state index contributed by atoms with van der Waals surface area (Å²) >= 11 is 0. The Labute approximate surface area is 127 Å². The minimum absolute atomic E-state index is 0.0918. The second-order valence-electron chi connectivity index (χ2n) is 5.10. The maximum Gasteiger partial charge on any atom is 0.226 e.